The summed E-state index contributed by atoms with van der Waals surface area (Å²) in [5, 5.41) is 0. The molecule has 1 aromatic carbocycles. The van der Waals surface area contributed by atoms with Gasteiger partial charge >= 0.3 is 6.09 Å². The summed E-state index contributed by atoms with van der Waals surface area (Å²) in [6.07, 6.45) is 1.56. The van der Waals surface area contributed by atoms with Gasteiger partial charge in [0.25, 0.3) is 0 Å². The van der Waals surface area contributed by atoms with E-state index < -0.39 is 11.1 Å². The molecule has 0 spiro atoms. The Labute approximate surface area is 120 Å². The van der Waals surface area contributed by atoms with Crippen molar-refractivity contribution in [1.82, 2.24) is 4.90 Å². The smallest absolute Gasteiger partial charge is 0.411 e. The van der Waals surface area contributed by atoms with Crippen molar-refractivity contribution in [3.63, 3.8) is 0 Å². The summed E-state index contributed by atoms with van der Waals surface area (Å²) in [7, 11) is 0. The standard InChI is InChI=1S/C16H24N2O2/c1-15(2,3)20-14(19)18-11-7-10-16(18,12-17)13-8-5-4-6-9-13/h4-6,8-9H,7,10-12,17H2,1-3H3. The minimum absolute atomic E-state index is 0.274. The largest absolute Gasteiger partial charge is 0.444 e. The number of carbonyl (C=O) groups is 1. The van der Waals surface area contributed by atoms with Gasteiger partial charge in [0, 0.05) is 13.1 Å². The van der Waals surface area contributed by atoms with Crippen molar-refractivity contribution in [2.75, 3.05) is 13.1 Å². The zero-order chi connectivity index (χ0) is 14.8. The molecule has 2 rings (SSSR count). The van der Waals surface area contributed by atoms with E-state index in [-0.39, 0.29) is 6.09 Å². The summed E-state index contributed by atoms with van der Waals surface area (Å²) in [6, 6.07) is 10.0. The molecular weight excluding hydrogens is 252 g/mol. The van der Waals surface area contributed by atoms with Gasteiger partial charge in [-0.3, -0.25) is 4.90 Å². The molecule has 4 heteroatoms. The molecule has 1 aliphatic heterocycles. The van der Waals surface area contributed by atoms with E-state index in [1.54, 1.807) is 4.90 Å². The average molecular weight is 276 g/mol. The molecule has 1 heterocycles. The van der Waals surface area contributed by atoms with Gasteiger partial charge in [-0.1, -0.05) is 30.3 Å². The van der Waals surface area contributed by atoms with Crippen LogP contribution >= 0.6 is 0 Å². The van der Waals surface area contributed by atoms with Crippen LogP contribution in [0.3, 0.4) is 0 Å². The van der Waals surface area contributed by atoms with Crippen molar-refractivity contribution >= 4 is 6.09 Å². The number of hydrogen-bond acceptors (Lipinski definition) is 3. The van der Waals surface area contributed by atoms with Gasteiger partial charge in [-0.25, -0.2) is 4.79 Å². The van der Waals surface area contributed by atoms with Crippen LogP contribution in [-0.4, -0.2) is 29.7 Å². The first-order valence-electron chi connectivity index (χ1n) is 7.15. The number of amides is 1. The number of nitrogens with two attached hydrogens (primary N) is 1. The number of likely N-dealkylation sites (tertiary alicyclic amines) is 1. The van der Waals surface area contributed by atoms with E-state index in [1.807, 2.05) is 51.1 Å². The second kappa shape index (κ2) is 5.44. The highest BCUT2D eigenvalue weighted by atomic mass is 16.6. The highest BCUT2D eigenvalue weighted by Crippen LogP contribution is 2.38. The molecule has 1 saturated heterocycles. The Balaban J connectivity index is 2.30. The first kappa shape index (κ1) is 14.9. The fourth-order valence-electron chi connectivity index (χ4n) is 2.84. The van der Waals surface area contributed by atoms with Gasteiger partial charge in [-0.15, -0.1) is 0 Å². The van der Waals surface area contributed by atoms with E-state index in [0.29, 0.717) is 13.1 Å². The molecule has 0 radical (unpaired) electrons. The van der Waals surface area contributed by atoms with E-state index in [1.165, 1.54) is 0 Å². The summed E-state index contributed by atoms with van der Waals surface area (Å²) < 4.78 is 5.53. The topological polar surface area (TPSA) is 55.6 Å². The lowest BCUT2D eigenvalue weighted by Crippen LogP contribution is -2.51. The zero-order valence-corrected chi connectivity index (χ0v) is 12.6. The normalized spacial score (nSPS) is 22.9. The molecule has 1 fully saturated rings. The maximum Gasteiger partial charge on any atom is 0.411 e. The molecule has 0 aliphatic carbocycles. The summed E-state index contributed by atoms with van der Waals surface area (Å²) in [4.78, 5) is 14.3. The molecule has 20 heavy (non-hydrogen) atoms. The van der Waals surface area contributed by atoms with Crippen molar-refractivity contribution in [2.24, 2.45) is 5.73 Å². The van der Waals surface area contributed by atoms with Crippen LogP contribution in [-0.2, 0) is 10.3 Å². The maximum atomic E-state index is 12.5. The summed E-state index contributed by atoms with van der Waals surface area (Å²) in [5.74, 6) is 0. The van der Waals surface area contributed by atoms with Crippen molar-refractivity contribution < 1.29 is 9.53 Å². The minimum atomic E-state index is -0.489. The van der Waals surface area contributed by atoms with Crippen LogP contribution in [0.25, 0.3) is 0 Å². The quantitative estimate of drug-likeness (QED) is 0.903. The second-order valence-electron chi connectivity index (χ2n) is 6.34. The molecule has 1 unspecified atom stereocenters. The van der Waals surface area contributed by atoms with Crippen molar-refractivity contribution in [2.45, 2.75) is 44.8 Å². The van der Waals surface area contributed by atoms with Gasteiger partial charge < -0.3 is 10.5 Å². The van der Waals surface area contributed by atoms with Gasteiger partial charge in [-0.05, 0) is 39.2 Å². The van der Waals surface area contributed by atoms with Crippen LogP contribution in [0.4, 0.5) is 4.79 Å². The van der Waals surface area contributed by atoms with E-state index in [9.17, 15) is 4.79 Å². The van der Waals surface area contributed by atoms with Crippen LogP contribution in [0.1, 0.15) is 39.2 Å². The highest BCUT2D eigenvalue weighted by molar-refractivity contribution is 5.70. The number of benzene rings is 1. The number of rotatable bonds is 2. The molecule has 2 N–H and O–H groups in total. The first-order chi connectivity index (χ1) is 9.39. The Morgan fingerprint density at radius 1 is 1.35 bits per heavy atom. The van der Waals surface area contributed by atoms with Crippen LogP contribution in [0.15, 0.2) is 30.3 Å². The van der Waals surface area contributed by atoms with Crippen LogP contribution in [0.2, 0.25) is 0 Å². The van der Waals surface area contributed by atoms with Crippen molar-refractivity contribution in [3.8, 4) is 0 Å². The highest BCUT2D eigenvalue weighted by Gasteiger charge is 2.45. The molecule has 110 valence electrons. The third-order valence-electron chi connectivity index (χ3n) is 3.75. The third-order valence-corrected chi connectivity index (χ3v) is 3.75. The molecule has 0 aromatic heterocycles. The maximum absolute atomic E-state index is 12.5. The molecule has 0 bridgehead atoms. The summed E-state index contributed by atoms with van der Waals surface area (Å²) >= 11 is 0. The summed E-state index contributed by atoms with van der Waals surface area (Å²) in [5.41, 5.74) is 6.22. The van der Waals surface area contributed by atoms with E-state index >= 15 is 0 Å². The lowest BCUT2D eigenvalue weighted by Gasteiger charge is -2.38. The minimum Gasteiger partial charge on any atom is -0.444 e. The fourth-order valence-corrected chi connectivity index (χ4v) is 2.84. The molecule has 1 aromatic rings. The van der Waals surface area contributed by atoms with E-state index in [2.05, 4.69) is 0 Å². The molecule has 1 amide bonds. The molecule has 0 saturated carbocycles. The SMILES string of the molecule is CC(C)(C)OC(=O)N1CCCC1(CN)c1ccccc1. The van der Waals surface area contributed by atoms with Crippen LogP contribution < -0.4 is 5.73 Å². The monoisotopic (exact) mass is 276 g/mol. The number of hydrogen-bond donors (Lipinski definition) is 1. The molecule has 4 nitrogen and oxygen atoms in total. The predicted molar refractivity (Wildman–Crippen MR) is 79.3 cm³/mol. The van der Waals surface area contributed by atoms with Gasteiger partial charge in [-0.2, -0.15) is 0 Å². The first-order valence-corrected chi connectivity index (χ1v) is 7.15. The Hall–Kier alpha value is -1.55. The van der Waals surface area contributed by atoms with Gasteiger partial charge in [0.05, 0.1) is 5.54 Å². The fraction of sp³-hybridized carbons (Fsp3) is 0.562. The molecule has 1 atom stereocenters. The Kier molecular flexibility index (Phi) is 4.04. The van der Waals surface area contributed by atoms with E-state index in [0.717, 1.165) is 18.4 Å². The average Bonchev–Trinajstić information content (AvgIpc) is 2.83. The van der Waals surface area contributed by atoms with Crippen molar-refractivity contribution in [1.29, 1.82) is 0 Å². The van der Waals surface area contributed by atoms with E-state index in [4.69, 9.17) is 10.5 Å². The van der Waals surface area contributed by atoms with Gasteiger partial charge in [0.2, 0.25) is 0 Å². The Morgan fingerprint density at radius 2 is 2.00 bits per heavy atom. The van der Waals surface area contributed by atoms with Gasteiger partial charge in [0.1, 0.15) is 5.60 Å². The third kappa shape index (κ3) is 2.80. The zero-order valence-electron chi connectivity index (χ0n) is 12.6. The summed E-state index contributed by atoms with van der Waals surface area (Å²) in [6.45, 7) is 6.76. The lowest BCUT2D eigenvalue weighted by molar-refractivity contribution is 0.00824. The predicted octanol–water partition coefficient (Wildman–Crippen LogP) is 2.87. The molecular formula is C16H24N2O2. The number of ether oxygens (including phenoxy) is 1. The second-order valence-corrected chi connectivity index (χ2v) is 6.34. The Morgan fingerprint density at radius 3 is 2.55 bits per heavy atom. The number of carbonyl (C=O) groups excluding carboxylic acids is 1. The lowest BCUT2D eigenvalue weighted by atomic mass is 9.87. The van der Waals surface area contributed by atoms with Crippen LogP contribution in [0, 0.1) is 0 Å². The van der Waals surface area contributed by atoms with Crippen molar-refractivity contribution in [3.05, 3.63) is 35.9 Å². The molecule has 1 aliphatic rings. The van der Waals surface area contributed by atoms with Crippen LogP contribution in [0.5, 0.6) is 0 Å². The van der Waals surface area contributed by atoms with Gasteiger partial charge in [0.15, 0.2) is 0 Å². The number of nitrogens with zero attached hydrogens (tertiary/aromatic N) is 1. The Bertz CT molecular complexity index is 467.